The zero-order chi connectivity index (χ0) is 19.8. The van der Waals surface area contributed by atoms with Crippen molar-refractivity contribution in [2.75, 3.05) is 43.9 Å². The molecule has 0 spiro atoms. The third-order valence-corrected chi connectivity index (χ3v) is 7.03. The summed E-state index contributed by atoms with van der Waals surface area (Å²) in [5.74, 6) is 1.32. The molecule has 1 atom stereocenters. The second-order valence-corrected chi connectivity index (χ2v) is 8.90. The molecule has 6 nitrogen and oxygen atoms in total. The van der Waals surface area contributed by atoms with Crippen molar-refractivity contribution >= 4 is 44.4 Å². The van der Waals surface area contributed by atoms with Gasteiger partial charge in [-0.2, -0.15) is 0 Å². The van der Waals surface area contributed by atoms with Crippen molar-refractivity contribution in [1.82, 2.24) is 9.88 Å². The number of carbonyl (C=O) groups excluding carboxylic acids is 1. The topological polar surface area (TPSA) is 54.9 Å². The average molecular weight is 428 g/mol. The molecule has 1 amide bonds. The molecular formula is C21H21N3O3S2. The summed E-state index contributed by atoms with van der Waals surface area (Å²) in [6, 6.07) is 13.9. The van der Waals surface area contributed by atoms with E-state index in [0.29, 0.717) is 24.6 Å². The SMILES string of the molecule is CSc1ccc2nc(N3CCN(C(=O)C4COc5ccccc5O4)CC3)sc2c1. The number of nitrogens with zero attached hydrogens (tertiary/aromatic N) is 3. The standard InChI is InChI=1S/C21H21N3O3S2/c1-28-14-6-7-15-19(12-14)29-21(22-15)24-10-8-23(9-11-24)20(25)18-13-26-16-4-2-3-5-17(16)27-18/h2-7,12,18H,8-11,13H2,1H3. The number of carbonyl (C=O) groups is 1. The Balaban J connectivity index is 1.23. The predicted molar refractivity (Wildman–Crippen MR) is 117 cm³/mol. The highest BCUT2D eigenvalue weighted by Gasteiger charge is 2.33. The Morgan fingerprint density at radius 3 is 2.72 bits per heavy atom. The van der Waals surface area contributed by atoms with Gasteiger partial charge < -0.3 is 19.3 Å². The molecule has 0 N–H and O–H groups in total. The number of hydrogen-bond donors (Lipinski definition) is 0. The van der Waals surface area contributed by atoms with Crippen LogP contribution in [0.25, 0.3) is 10.2 Å². The smallest absolute Gasteiger partial charge is 0.267 e. The summed E-state index contributed by atoms with van der Waals surface area (Å²) in [7, 11) is 0. The number of rotatable bonds is 3. The Hall–Kier alpha value is -2.45. The summed E-state index contributed by atoms with van der Waals surface area (Å²) < 4.78 is 12.8. The van der Waals surface area contributed by atoms with Crippen LogP contribution in [0.2, 0.25) is 0 Å². The molecule has 150 valence electrons. The molecule has 1 aromatic heterocycles. The Morgan fingerprint density at radius 1 is 1.14 bits per heavy atom. The average Bonchev–Trinajstić information content (AvgIpc) is 3.21. The lowest BCUT2D eigenvalue weighted by molar-refractivity contribution is -0.141. The van der Waals surface area contributed by atoms with Crippen molar-refractivity contribution in [3.63, 3.8) is 0 Å². The van der Waals surface area contributed by atoms with Crippen molar-refractivity contribution in [3.8, 4) is 11.5 Å². The van der Waals surface area contributed by atoms with Crippen molar-refractivity contribution in [2.24, 2.45) is 0 Å². The highest BCUT2D eigenvalue weighted by Crippen LogP contribution is 2.33. The van der Waals surface area contributed by atoms with Crippen LogP contribution < -0.4 is 14.4 Å². The first kappa shape index (κ1) is 18.6. The molecule has 2 aliphatic heterocycles. The molecule has 3 heterocycles. The highest BCUT2D eigenvalue weighted by atomic mass is 32.2. The van der Waals surface area contributed by atoms with Gasteiger partial charge in [-0.25, -0.2) is 4.98 Å². The van der Waals surface area contributed by atoms with Crippen molar-refractivity contribution in [1.29, 1.82) is 0 Å². The maximum Gasteiger partial charge on any atom is 0.267 e. The fraction of sp³-hybridized carbons (Fsp3) is 0.333. The summed E-state index contributed by atoms with van der Waals surface area (Å²) in [4.78, 5) is 23.1. The van der Waals surface area contributed by atoms with Crippen LogP contribution in [0.1, 0.15) is 0 Å². The fourth-order valence-electron chi connectivity index (χ4n) is 3.62. The maximum atomic E-state index is 12.9. The van der Waals surface area contributed by atoms with E-state index >= 15 is 0 Å². The largest absolute Gasteiger partial charge is 0.485 e. The molecule has 0 aliphatic carbocycles. The van der Waals surface area contributed by atoms with Gasteiger partial charge in [0, 0.05) is 31.1 Å². The van der Waals surface area contributed by atoms with E-state index in [1.54, 1.807) is 23.1 Å². The lowest BCUT2D eigenvalue weighted by Gasteiger charge is -2.37. The molecule has 2 aliphatic rings. The van der Waals surface area contributed by atoms with Gasteiger partial charge in [0.15, 0.2) is 16.6 Å². The zero-order valence-electron chi connectivity index (χ0n) is 16.0. The summed E-state index contributed by atoms with van der Waals surface area (Å²) >= 11 is 3.46. The molecule has 29 heavy (non-hydrogen) atoms. The van der Waals surface area contributed by atoms with Crippen LogP contribution in [0.15, 0.2) is 47.4 Å². The van der Waals surface area contributed by atoms with Crippen LogP contribution in [0.4, 0.5) is 5.13 Å². The van der Waals surface area contributed by atoms with Gasteiger partial charge >= 0.3 is 0 Å². The Labute approximate surface area is 177 Å². The van der Waals surface area contributed by atoms with Crippen LogP contribution in [0.5, 0.6) is 11.5 Å². The van der Waals surface area contributed by atoms with Gasteiger partial charge in [-0.05, 0) is 36.6 Å². The number of hydrogen-bond acceptors (Lipinski definition) is 7. The van der Waals surface area contributed by atoms with Gasteiger partial charge in [0.2, 0.25) is 6.10 Å². The van der Waals surface area contributed by atoms with Crippen molar-refractivity contribution in [3.05, 3.63) is 42.5 Å². The van der Waals surface area contributed by atoms with E-state index in [1.165, 1.54) is 9.60 Å². The first-order valence-corrected chi connectivity index (χ1v) is 11.6. The van der Waals surface area contributed by atoms with Gasteiger partial charge in [0.05, 0.1) is 10.2 Å². The molecule has 8 heteroatoms. The lowest BCUT2D eigenvalue weighted by atomic mass is 10.2. The van der Waals surface area contributed by atoms with Gasteiger partial charge in [0.25, 0.3) is 5.91 Å². The minimum Gasteiger partial charge on any atom is -0.485 e. The molecule has 0 saturated carbocycles. The third-order valence-electron chi connectivity index (χ3n) is 5.23. The summed E-state index contributed by atoms with van der Waals surface area (Å²) in [6.07, 6.45) is 1.50. The number of anilines is 1. The second-order valence-electron chi connectivity index (χ2n) is 7.01. The highest BCUT2D eigenvalue weighted by molar-refractivity contribution is 7.98. The van der Waals surface area contributed by atoms with Crippen LogP contribution in [0, 0.1) is 0 Å². The molecule has 1 unspecified atom stereocenters. The number of benzene rings is 2. The molecule has 3 aromatic rings. The van der Waals surface area contributed by atoms with E-state index in [4.69, 9.17) is 14.5 Å². The van der Waals surface area contributed by atoms with Gasteiger partial charge in [-0.3, -0.25) is 4.79 Å². The molecular weight excluding hydrogens is 406 g/mol. The van der Waals surface area contributed by atoms with Gasteiger partial charge in [0.1, 0.15) is 6.61 Å². The van der Waals surface area contributed by atoms with E-state index in [9.17, 15) is 4.79 Å². The number of aromatic nitrogens is 1. The second kappa shape index (κ2) is 7.76. The van der Waals surface area contributed by atoms with E-state index in [2.05, 4.69) is 29.4 Å². The summed E-state index contributed by atoms with van der Waals surface area (Å²) in [5, 5.41) is 1.02. The number of ether oxygens (including phenoxy) is 2. The minimum absolute atomic E-state index is 0.00642. The van der Waals surface area contributed by atoms with Crippen LogP contribution >= 0.6 is 23.1 Å². The monoisotopic (exact) mass is 427 g/mol. The molecule has 1 fully saturated rings. The van der Waals surface area contributed by atoms with Crippen molar-refractivity contribution < 1.29 is 14.3 Å². The van der Waals surface area contributed by atoms with Crippen LogP contribution in [-0.4, -0.2) is 60.9 Å². The van der Waals surface area contributed by atoms with Gasteiger partial charge in [-0.1, -0.05) is 23.5 Å². The molecule has 5 rings (SSSR count). The number of piperazine rings is 1. The fourth-order valence-corrected chi connectivity index (χ4v) is 5.19. The van der Waals surface area contributed by atoms with E-state index in [-0.39, 0.29) is 12.5 Å². The number of thioether (sulfide) groups is 1. The molecule has 0 radical (unpaired) electrons. The Morgan fingerprint density at radius 2 is 1.93 bits per heavy atom. The quantitative estimate of drug-likeness (QED) is 0.597. The Bertz CT molecular complexity index is 1050. The van der Waals surface area contributed by atoms with Crippen LogP contribution in [0.3, 0.4) is 0 Å². The van der Waals surface area contributed by atoms with Gasteiger partial charge in [-0.15, -0.1) is 11.8 Å². The molecule has 1 saturated heterocycles. The van der Waals surface area contributed by atoms with Crippen LogP contribution in [-0.2, 0) is 4.79 Å². The first-order valence-electron chi connectivity index (χ1n) is 9.58. The predicted octanol–water partition coefficient (Wildman–Crippen LogP) is 3.51. The van der Waals surface area contributed by atoms with E-state index in [1.807, 2.05) is 29.2 Å². The van der Waals surface area contributed by atoms with E-state index in [0.717, 1.165) is 23.7 Å². The minimum atomic E-state index is -0.580. The first-order chi connectivity index (χ1) is 14.2. The number of fused-ring (bicyclic) bond motifs is 2. The maximum absolute atomic E-state index is 12.9. The third kappa shape index (κ3) is 3.62. The molecule has 2 aromatic carbocycles. The Kier molecular flexibility index (Phi) is 4.97. The lowest BCUT2D eigenvalue weighted by Crippen LogP contribution is -2.54. The number of para-hydroxylation sites is 2. The normalized spacial score (nSPS) is 18.9. The van der Waals surface area contributed by atoms with E-state index < -0.39 is 6.10 Å². The summed E-state index contributed by atoms with van der Waals surface area (Å²) in [6.45, 7) is 3.11. The molecule has 0 bridgehead atoms. The number of thiazole rings is 1. The summed E-state index contributed by atoms with van der Waals surface area (Å²) in [5.41, 5.74) is 1.03. The number of amides is 1. The van der Waals surface area contributed by atoms with Crippen molar-refractivity contribution in [2.45, 2.75) is 11.0 Å². The zero-order valence-corrected chi connectivity index (χ0v) is 17.7.